The number of carbonyl (C=O) groups excluding carboxylic acids is 2. The zero-order chi connectivity index (χ0) is 21.9. The third kappa shape index (κ3) is 8.26. The minimum absolute atomic E-state index is 0.0419. The smallest absolute Gasteiger partial charge is 0.252 e. The van der Waals surface area contributed by atoms with Gasteiger partial charge in [0.05, 0.1) is 11.3 Å². The van der Waals surface area contributed by atoms with Gasteiger partial charge in [-0.15, -0.1) is 23.5 Å². The molecule has 0 aliphatic heterocycles. The molecule has 1 fully saturated rings. The molecule has 0 spiro atoms. The minimum Gasteiger partial charge on any atom is -0.355 e. The van der Waals surface area contributed by atoms with Crippen LogP contribution in [-0.2, 0) is 4.79 Å². The van der Waals surface area contributed by atoms with Crippen LogP contribution in [0.2, 0.25) is 0 Å². The third-order valence-electron chi connectivity index (χ3n) is 5.48. The molecule has 2 amide bonds. The van der Waals surface area contributed by atoms with Crippen molar-refractivity contribution in [1.82, 2.24) is 10.6 Å². The molecular formula is C25H32N2O2S2. The zero-order valence-electron chi connectivity index (χ0n) is 18.2. The van der Waals surface area contributed by atoms with Gasteiger partial charge in [-0.1, -0.05) is 49.1 Å². The van der Waals surface area contributed by atoms with Gasteiger partial charge in [-0.25, -0.2) is 0 Å². The van der Waals surface area contributed by atoms with E-state index in [9.17, 15) is 9.59 Å². The van der Waals surface area contributed by atoms with Crippen LogP contribution >= 0.6 is 23.5 Å². The highest BCUT2D eigenvalue weighted by molar-refractivity contribution is 8.00. The minimum atomic E-state index is -0.0878. The molecule has 1 aliphatic rings. The van der Waals surface area contributed by atoms with E-state index in [-0.39, 0.29) is 11.8 Å². The van der Waals surface area contributed by atoms with Crippen LogP contribution in [0.4, 0.5) is 0 Å². The maximum atomic E-state index is 12.7. The third-order valence-corrected chi connectivity index (χ3v) is 7.57. The van der Waals surface area contributed by atoms with Crippen molar-refractivity contribution < 1.29 is 9.59 Å². The van der Waals surface area contributed by atoms with Crippen LogP contribution in [0.15, 0.2) is 58.3 Å². The fourth-order valence-corrected chi connectivity index (χ4v) is 5.34. The molecule has 3 rings (SSSR count). The van der Waals surface area contributed by atoms with Gasteiger partial charge in [0, 0.05) is 28.6 Å². The summed E-state index contributed by atoms with van der Waals surface area (Å²) in [4.78, 5) is 27.0. The summed E-state index contributed by atoms with van der Waals surface area (Å²) in [5.74, 6) is 1.72. The Kier molecular flexibility index (Phi) is 9.82. The summed E-state index contributed by atoms with van der Waals surface area (Å²) in [5.41, 5.74) is 1.88. The number of hydrogen-bond acceptors (Lipinski definition) is 4. The number of rotatable bonds is 10. The molecule has 0 radical (unpaired) electrons. The van der Waals surface area contributed by atoms with E-state index in [1.165, 1.54) is 54.3 Å². The second-order valence-electron chi connectivity index (χ2n) is 8.01. The molecule has 0 atom stereocenters. The lowest BCUT2D eigenvalue weighted by Crippen LogP contribution is -2.31. The molecule has 166 valence electrons. The summed E-state index contributed by atoms with van der Waals surface area (Å²) < 4.78 is 0. The van der Waals surface area contributed by atoms with Gasteiger partial charge in [0.15, 0.2) is 0 Å². The zero-order valence-corrected chi connectivity index (χ0v) is 19.8. The first-order valence-electron chi connectivity index (χ1n) is 11.1. The van der Waals surface area contributed by atoms with Gasteiger partial charge in [-0.2, -0.15) is 0 Å². The van der Waals surface area contributed by atoms with Crippen molar-refractivity contribution in [2.45, 2.75) is 48.8 Å². The van der Waals surface area contributed by atoms with E-state index in [1.807, 2.05) is 24.3 Å². The molecule has 1 saturated carbocycles. The summed E-state index contributed by atoms with van der Waals surface area (Å²) in [6.45, 7) is 3.45. The molecule has 1 aliphatic carbocycles. The number of nitrogens with one attached hydrogen (secondary N) is 2. The van der Waals surface area contributed by atoms with Crippen molar-refractivity contribution >= 4 is 35.3 Å². The predicted octanol–water partition coefficient (Wildman–Crippen LogP) is 5.31. The summed E-state index contributed by atoms with van der Waals surface area (Å²) in [6.07, 6.45) is 6.32. The number of amides is 2. The fraction of sp³-hybridized carbons (Fsp3) is 0.440. The monoisotopic (exact) mass is 456 g/mol. The Hall–Kier alpha value is -1.92. The summed E-state index contributed by atoms with van der Waals surface area (Å²) >= 11 is 3.16. The van der Waals surface area contributed by atoms with E-state index in [0.29, 0.717) is 23.8 Å². The topological polar surface area (TPSA) is 58.2 Å². The van der Waals surface area contributed by atoms with Crippen LogP contribution in [-0.4, -0.2) is 36.4 Å². The molecular weight excluding hydrogens is 424 g/mol. The predicted molar refractivity (Wildman–Crippen MR) is 131 cm³/mol. The average Bonchev–Trinajstić information content (AvgIpc) is 2.81. The maximum absolute atomic E-state index is 12.7. The maximum Gasteiger partial charge on any atom is 0.252 e. The van der Waals surface area contributed by atoms with E-state index < -0.39 is 0 Å². The Bertz CT molecular complexity index is 849. The molecule has 2 aromatic rings. The molecule has 6 heteroatoms. The van der Waals surface area contributed by atoms with Crippen molar-refractivity contribution in [1.29, 1.82) is 0 Å². The number of hydrogen-bond donors (Lipinski definition) is 2. The van der Waals surface area contributed by atoms with Gasteiger partial charge in [0.25, 0.3) is 5.91 Å². The highest BCUT2D eigenvalue weighted by atomic mass is 32.2. The number of carbonyl (C=O) groups is 2. The van der Waals surface area contributed by atoms with Gasteiger partial charge in [0.1, 0.15) is 0 Å². The molecule has 4 nitrogen and oxygen atoms in total. The summed E-state index contributed by atoms with van der Waals surface area (Å²) in [7, 11) is 0. The van der Waals surface area contributed by atoms with Crippen molar-refractivity contribution in [3.63, 3.8) is 0 Å². The van der Waals surface area contributed by atoms with Crippen LogP contribution in [0.5, 0.6) is 0 Å². The Morgan fingerprint density at radius 3 is 2.45 bits per heavy atom. The van der Waals surface area contributed by atoms with E-state index in [4.69, 9.17) is 0 Å². The second kappa shape index (κ2) is 12.8. The Balaban J connectivity index is 1.41. The number of aryl methyl sites for hydroxylation is 1. The Labute approximate surface area is 194 Å². The summed E-state index contributed by atoms with van der Waals surface area (Å²) in [6, 6.07) is 15.9. The van der Waals surface area contributed by atoms with Crippen molar-refractivity contribution in [3.05, 3.63) is 59.7 Å². The standard InChI is InChI=1S/C25H32N2O2S2/c1-19-11-13-21(14-12-19)30-16-15-26-25(29)22-9-5-6-10-23(22)31-18-24(28)27-17-20-7-3-2-4-8-20/h5-6,9-14,20H,2-4,7-8,15-18H2,1H3,(H,26,29)(H,27,28). The average molecular weight is 457 g/mol. The number of thioether (sulfide) groups is 2. The van der Waals surface area contributed by atoms with E-state index in [0.717, 1.165) is 17.2 Å². The van der Waals surface area contributed by atoms with Crippen molar-refractivity contribution in [3.8, 4) is 0 Å². The molecule has 0 heterocycles. The van der Waals surface area contributed by atoms with Crippen LogP contribution in [0.25, 0.3) is 0 Å². The first-order chi connectivity index (χ1) is 15.1. The second-order valence-corrected chi connectivity index (χ2v) is 10.2. The van der Waals surface area contributed by atoms with Crippen molar-refractivity contribution in [2.75, 3.05) is 24.6 Å². The number of benzene rings is 2. The molecule has 31 heavy (non-hydrogen) atoms. The van der Waals surface area contributed by atoms with Gasteiger partial charge in [-0.05, 0) is 49.9 Å². The van der Waals surface area contributed by atoms with Crippen LogP contribution in [0, 0.1) is 12.8 Å². The molecule has 2 aromatic carbocycles. The quantitative estimate of drug-likeness (QED) is 0.376. The largest absolute Gasteiger partial charge is 0.355 e. The van der Waals surface area contributed by atoms with E-state index in [1.54, 1.807) is 11.8 Å². The Morgan fingerprint density at radius 1 is 0.935 bits per heavy atom. The Morgan fingerprint density at radius 2 is 1.68 bits per heavy atom. The lowest BCUT2D eigenvalue weighted by atomic mass is 9.89. The lowest BCUT2D eigenvalue weighted by Gasteiger charge is -2.21. The highest BCUT2D eigenvalue weighted by Gasteiger charge is 2.15. The van der Waals surface area contributed by atoms with Crippen molar-refractivity contribution in [2.24, 2.45) is 5.92 Å². The van der Waals surface area contributed by atoms with E-state index >= 15 is 0 Å². The van der Waals surface area contributed by atoms with Crippen LogP contribution in [0.1, 0.15) is 48.0 Å². The van der Waals surface area contributed by atoms with Gasteiger partial charge < -0.3 is 10.6 Å². The molecule has 0 bridgehead atoms. The fourth-order valence-electron chi connectivity index (χ4n) is 3.69. The lowest BCUT2D eigenvalue weighted by molar-refractivity contribution is -0.118. The van der Waals surface area contributed by atoms with Crippen LogP contribution in [0.3, 0.4) is 0 Å². The van der Waals surface area contributed by atoms with Crippen LogP contribution < -0.4 is 10.6 Å². The van der Waals surface area contributed by atoms with Gasteiger partial charge >= 0.3 is 0 Å². The van der Waals surface area contributed by atoms with Gasteiger partial charge in [0.2, 0.25) is 5.91 Å². The molecule has 0 unspecified atom stereocenters. The normalized spacial score (nSPS) is 14.2. The first-order valence-corrected chi connectivity index (χ1v) is 13.0. The van der Waals surface area contributed by atoms with E-state index in [2.05, 4.69) is 41.8 Å². The van der Waals surface area contributed by atoms with Gasteiger partial charge in [-0.3, -0.25) is 9.59 Å². The summed E-state index contributed by atoms with van der Waals surface area (Å²) in [5, 5.41) is 6.07. The molecule has 0 aromatic heterocycles. The molecule has 2 N–H and O–H groups in total. The molecule has 0 saturated heterocycles. The SMILES string of the molecule is Cc1ccc(SCCNC(=O)c2ccccc2SCC(=O)NCC2CCCCC2)cc1. The first kappa shape index (κ1) is 23.7. The highest BCUT2D eigenvalue weighted by Crippen LogP contribution is 2.24.